The van der Waals surface area contributed by atoms with Gasteiger partial charge in [0.05, 0.1) is 0 Å². The minimum atomic E-state index is 0.743. The molecular formula is C15H32N2S. The van der Waals surface area contributed by atoms with Gasteiger partial charge in [0.15, 0.2) is 0 Å². The van der Waals surface area contributed by atoms with Crippen molar-refractivity contribution in [1.29, 1.82) is 0 Å². The first kappa shape index (κ1) is 16.3. The molecule has 0 bridgehead atoms. The highest BCUT2D eigenvalue weighted by Crippen LogP contribution is 2.23. The summed E-state index contributed by atoms with van der Waals surface area (Å²) in [6, 6.07) is 1.52. The first-order chi connectivity index (χ1) is 8.67. The highest BCUT2D eigenvalue weighted by molar-refractivity contribution is 7.98. The molecule has 0 aromatic heterocycles. The fourth-order valence-corrected chi connectivity index (χ4v) is 3.87. The standard InChI is InChI=1S/C15H32N2S/c1-5-15(12-18-4)17(3)10-9-16-14-8-6-7-13(2)11-14/h13-16H,5-12H2,1-4H3. The van der Waals surface area contributed by atoms with E-state index in [1.807, 2.05) is 11.8 Å². The second-order valence-corrected chi connectivity index (χ2v) is 6.83. The maximum absolute atomic E-state index is 3.76. The van der Waals surface area contributed by atoms with Crippen molar-refractivity contribution in [3.05, 3.63) is 0 Å². The second kappa shape index (κ2) is 9.22. The highest BCUT2D eigenvalue weighted by atomic mass is 32.2. The zero-order valence-electron chi connectivity index (χ0n) is 12.7. The van der Waals surface area contributed by atoms with Gasteiger partial charge < -0.3 is 10.2 Å². The Hall–Kier alpha value is 0.270. The minimum Gasteiger partial charge on any atom is -0.313 e. The van der Waals surface area contributed by atoms with Crippen molar-refractivity contribution in [3.63, 3.8) is 0 Å². The van der Waals surface area contributed by atoms with Crippen molar-refractivity contribution >= 4 is 11.8 Å². The van der Waals surface area contributed by atoms with Crippen LogP contribution in [-0.4, -0.2) is 49.1 Å². The molecule has 0 spiro atoms. The van der Waals surface area contributed by atoms with Gasteiger partial charge in [-0.05, 0) is 38.5 Å². The van der Waals surface area contributed by atoms with Gasteiger partial charge in [-0.1, -0.05) is 26.7 Å². The maximum Gasteiger partial charge on any atom is 0.0181 e. The molecule has 0 radical (unpaired) electrons. The molecule has 1 aliphatic rings. The van der Waals surface area contributed by atoms with Crippen LogP contribution in [0.4, 0.5) is 0 Å². The summed E-state index contributed by atoms with van der Waals surface area (Å²) in [6.45, 7) is 7.03. The molecule has 1 N–H and O–H groups in total. The Labute approximate surface area is 118 Å². The second-order valence-electron chi connectivity index (χ2n) is 5.92. The Morgan fingerprint density at radius 2 is 2.17 bits per heavy atom. The van der Waals surface area contributed by atoms with Crippen LogP contribution < -0.4 is 5.32 Å². The van der Waals surface area contributed by atoms with Crippen molar-refractivity contribution in [2.45, 2.75) is 58.0 Å². The highest BCUT2D eigenvalue weighted by Gasteiger charge is 2.18. The van der Waals surface area contributed by atoms with E-state index in [1.165, 1.54) is 44.4 Å². The van der Waals surface area contributed by atoms with E-state index in [-0.39, 0.29) is 0 Å². The minimum absolute atomic E-state index is 0.743. The Bertz CT molecular complexity index is 211. The van der Waals surface area contributed by atoms with Crippen LogP contribution in [-0.2, 0) is 0 Å². The molecule has 1 aliphatic carbocycles. The van der Waals surface area contributed by atoms with E-state index in [0.717, 1.165) is 24.5 Å². The Morgan fingerprint density at radius 1 is 1.39 bits per heavy atom. The first-order valence-corrected chi connectivity index (χ1v) is 8.99. The molecule has 3 unspecified atom stereocenters. The van der Waals surface area contributed by atoms with Gasteiger partial charge in [0.1, 0.15) is 0 Å². The summed E-state index contributed by atoms with van der Waals surface area (Å²) in [4.78, 5) is 2.52. The number of likely N-dealkylation sites (N-methyl/N-ethyl adjacent to an activating group) is 1. The van der Waals surface area contributed by atoms with E-state index in [2.05, 4.69) is 37.4 Å². The molecule has 0 heterocycles. The molecule has 3 heteroatoms. The Balaban J connectivity index is 2.15. The monoisotopic (exact) mass is 272 g/mol. The predicted octanol–water partition coefficient (Wildman–Crippen LogP) is 3.23. The van der Waals surface area contributed by atoms with Crippen LogP contribution in [0.3, 0.4) is 0 Å². The van der Waals surface area contributed by atoms with Gasteiger partial charge in [-0.15, -0.1) is 0 Å². The number of rotatable bonds is 8. The van der Waals surface area contributed by atoms with E-state index in [0.29, 0.717) is 0 Å². The smallest absolute Gasteiger partial charge is 0.0181 e. The normalized spacial score (nSPS) is 26.5. The molecule has 1 rings (SSSR count). The number of hydrogen-bond acceptors (Lipinski definition) is 3. The number of hydrogen-bond donors (Lipinski definition) is 1. The van der Waals surface area contributed by atoms with Gasteiger partial charge in [-0.3, -0.25) is 0 Å². The molecule has 0 aromatic carbocycles. The number of thioether (sulfide) groups is 1. The summed E-state index contributed by atoms with van der Waals surface area (Å²) in [5, 5.41) is 3.76. The molecule has 3 atom stereocenters. The van der Waals surface area contributed by atoms with Gasteiger partial charge >= 0.3 is 0 Å². The molecule has 108 valence electrons. The van der Waals surface area contributed by atoms with Crippen molar-refractivity contribution in [2.75, 3.05) is 32.1 Å². The predicted molar refractivity (Wildman–Crippen MR) is 84.5 cm³/mol. The van der Waals surface area contributed by atoms with Crippen molar-refractivity contribution in [2.24, 2.45) is 5.92 Å². The Morgan fingerprint density at radius 3 is 2.78 bits per heavy atom. The third-order valence-corrected chi connectivity index (χ3v) is 5.01. The molecule has 18 heavy (non-hydrogen) atoms. The van der Waals surface area contributed by atoms with Crippen LogP contribution >= 0.6 is 11.8 Å². The molecular weight excluding hydrogens is 240 g/mol. The number of nitrogens with one attached hydrogen (secondary N) is 1. The molecule has 0 saturated heterocycles. The Kier molecular flexibility index (Phi) is 8.36. The fraction of sp³-hybridized carbons (Fsp3) is 1.00. The van der Waals surface area contributed by atoms with Gasteiger partial charge in [0, 0.05) is 30.9 Å². The van der Waals surface area contributed by atoms with Gasteiger partial charge in [0.2, 0.25) is 0 Å². The summed E-state index contributed by atoms with van der Waals surface area (Å²) in [6.07, 6.45) is 9.08. The lowest BCUT2D eigenvalue weighted by atomic mass is 9.87. The van der Waals surface area contributed by atoms with Crippen LogP contribution in [0.15, 0.2) is 0 Å². The maximum atomic E-state index is 3.76. The molecule has 1 fully saturated rings. The van der Waals surface area contributed by atoms with Crippen LogP contribution in [0.25, 0.3) is 0 Å². The zero-order chi connectivity index (χ0) is 13.4. The van der Waals surface area contributed by atoms with Crippen molar-refractivity contribution in [3.8, 4) is 0 Å². The largest absolute Gasteiger partial charge is 0.313 e. The van der Waals surface area contributed by atoms with E-state index in [4.69, 9.17) is 0 Å². The summed E-state index contributed by atoms with van der Waals surface area (Å²) in [7, 11) is 2.27. The van der Waals surface area contributed by atoms with E-state index in [1.54, 1.807) is 0 Å². The topological polar surface area (TPSA) is 15.3 Å². The lowest BCUT2D eigenvalue weighted by Crippen LogP contribution is -2.41. The lowest BCUT2D eigenvalue weighted by molar-refractivity contribution is 0.239. The summed E-state index contributed by atoms with van der Waals surface area (Å²) in [5.74, 6) is 2.18. The third-order valence-electron chi connectivity index (χ3n) is 4.29. The number of nitrogens with zero attached hydrogens (tertiary/aromatic N) is 1. The summed E-state index contributed by atoms with van der Waals surface area (Å²) < 4.78 is 0. The summed E-state index contributed by atoms with van der Waals surface area (Å²) in [5.41, 5.74) is 0. The average molecular weight is 273 g/mol. The van der Waals surface area contributed by atoms with Crippen LogP contribution in [0, 0.1) is 5.92 Å². The molecule has 0 aromatic rings. The van der Waals surface area contributed by atoms with Crippen LogP contribution in [0.5, 0.6) is 0 Å². The van der Waals surface area contributed by atoms with E-state index < -0.39 is 0 Å². The quantitative estimate of drug-likeness (QED) is 0.730. The van der Waals surface area contributed by atoms with Gasteiger partial charge in [-0.2, -0.15) is 11.8 Å². The zero-order valence-corrected chi connectivity index (χ0v) is 13.6. The van der Waals surface area contributed by atoms with Crippen LogP contribution in [0.1, 0.15) is 46.0 Å². The average Bonchev–Trinajstić information content (AvgIpc) is 2.36. The molecule has 0 aliphatic heterocycles. The fourth-order valence-electron chi connectivity index (χ4n) is 3.00. The molecule has 2 nitrogen and oxygen atoms in total. The molecule has 0 amide bonds. The van der Waals surface area contributed by atoms with Crippen LogP contribution in [0.2, 0.25) is 0 Å². The SMILES string of the molecule is CCC(CSC)N(C)CCNC1CCCC(C)C1. The van der Waals surface area contributed by atoms with Gasteiger partial charge in [-0.25, -0.2) is 0 Å². The van der Waals surface area contributed by atoms with E-state index >= 15 is 0 Å². The lowest BCUT2D eigenvalue weighted by Gasteiger charge is -2.30. The first-order valence-electron chi connectivity index (χ1n) is 7.59. The summed E-state index contributed by atoms with van der Waals surface area (Å²) >= 11 is 1.96. The van der Waals surface area contributed by atoms with Gasteiger partial charge in [0.25, 0.3) is 0 Å². The van der Waals surface area contributed by atoms with Crippen molar-refractivity contribution in [1.82, 2.24) is 10.2 Å². The molecule has 1 saturated carbocycles. The van der Waals surface area contributed by atoms with Crippen molar-refractivity contribution < 1.29 is 0 Å². The third kappa shape index (κ3) is 5.94. The van der Waals surface area contributed by atoms with E-state index in [9.17, 15) is 0 Å².